The van der Waals surface area contributed by atoms with Crippen molar-refractivity contribution >= 4 is 5.96 Å². The zero-order valence-electron chi connectivity index (χ0n) is 11.5. The number of nitrogens with zero attached hydrogens (tertiary/aromatic N) is 2. The average molecular weight is 244 g/mol. The number of guanidine groups is 1. The molecule has 0 amide bonds. The van der Waals surface area contributed by atoms with E-state index >= 15 is 0 Å². The second-order valence-corrected chi connectivity index (χ2v) is 3.83. The summed E-state index contributed by atoms with van der Waals surface area (Å²) in [4.78, 5) is 6.64. The first-order valence-electron chi connectivity index (χ1n) is 6.63. The Kier molecular flexibility index (Phi) is 11.1. The Bertz CT molecular complexity index is 197. The first kappa shape index (κ1) is 16.2. The molecule has 0 aromatic rings. The molecule has 5 heteroatoms. The molecule has 0 unspecified atom stereocenters. The standard InChI is InChI=1S/C12H28N4O/c1-4-7-10-16(5-2)12(15-13)14-9-8-11-17-6-3/h4-11,13H2,1-3H3,(H,14,15). The lowest BCUT2D eigenvalue weighted by atomic mass is 10.3. The Labute approximate surface area is 105 Å². The monoisotopic (exact) mass is 244 g/mol. The molecule has 0 bridgehead atoms. The highest BCUT2D eigenvalue weighted by molar-refractivity contribution is 5.79. The molecule has 3 N–H and O–H groups in total. The summed E-state index contributed by atoms with van der Waals surface area (Å²) < 4.78 is 5.27. The fourth-order valence-corrected chi connectivity index (χ4v) is 1.50. The van der Waals surface area contributed by atoms with Crippen LogP contribution in [0.1, 0.15) is 40.0 Å². The van der Waals surface area contributed by atoms with E-state index in [0.717, 1.165) is 51.6 Å². The summed E-state index contributed by atoms with van der Waals surface area (Å²) in [6, 6.07) is 0. The van der Waals surface area contributed by atoms with Crippen LogP contribution in [0.15, 0.2) is 4.99 Å². The molecule has 5 nitrogen and oxygen atoms in total. The van der Waals surface area contributed by atoms with Gasteiger partial charge in [-0.25, -0.2) is 5.84 Å². The predicted octanol–water partition coefficient (Wildman–Crippen LogP) is 1.35. The second-order valence-electron chi connectivity index (χ2n) is 3.83. The number of aliphatic imine (C=N–C) groups is 1. The number of unbranched alkanes of at least 4 members (excludes halogenated alkanes) is 1. The van der Waals surface area contributed by atoms with Gasteiger partial charge >= 0.3 is 0 Å². The third-order valence-corrected chi connectivity index (χ3v) is 2.50. The van der Waals surface area contributed by atoms with Gasteiger partial charge in [0.15, 0.2) is 0 Å². The van der Waals surface area contributed by atoms with Gasteiger partial charge in [-0.2, -0.15) is 0 Å². The summed E-state index contributed by atoms with van der Waals surface area (Å²) in [5, 5.41) is 0. The van der Waals surface area contributed by atoms with E-state index in [1.165, 1.54) is 6.42 Å². The topological polar surface area (TPSA) is 62.9 Å². The van der Waals surface area contributed by atoms with Crippen molar-refractivity contribution < 1.29 is 4.74 Å². The van der Waals surface area contributed by atoms with Crippen LogP contribution in [-0.2, 0) is 4.74 Å². The fourth-order valence-electron chi connectivity index (χ4n) is 1.50. The smallest absolute Gasteiger partial charge is 0.208 e. The molecule has 102 valence electrons. The Morgan fingerprint density at radius 1 is 1.29 bits per heavy atom. The number of hydrogen-bond acceptors (Lipinski definition) is 3. The molecule has 0 aliphatic carbocycles. The number of nitrogens with two attached hydrogens (primary N) is 1. The molecule has 0 aromatic carbocycles. The SMILES string of the molecule is CCCCN(CC)C(=NCCCOCC)NN. The van der Waals surface area contributed by atoms with Gasteiger partial charge in [0.05, 0.1) is 0 Å². The number of hydrazine groups is 1. The third-order valence-electron chi connectivity index (χ3n) is 2.50. The average Bonchev–Trinajstić information content (AvgIpc) is 2.36. The number of nitrogens with one attached hydrogen (secondary N) is 1. The first-order valence-corrected chi connectivity index (χ1v) is 6.63. The quantitative estimate of drug-likeness (QED) is 0.211. The van der Waals surface area contributed by atoms with Gasteiger partial charge in [0.25, 0.3) is 0 Å². The predicted molar refractivity (Wildman–Crippen MR) is 72.9 cm³/mol. The Balaban J connectivity index is 4.02. The van der Waals surface area contributed by atoms with Crippen LogP contribution >= 0.6 is 0 Å². The highest BCUT2D eigenvalue weighted by atomic mass is 16.5. The van der Waals surface area contributed by atoms with Crippen LogP contribution in [0.25, 0.3) is 0 Å². The molecular formula is C12H28N4O. The molecule has 0 fully saturated rings. The molecule has 0 aromatic heterocycles. The van der Waals surface area contributed by atoms with Crippen LogP contribution in [0.5, 0.6) is 0 Å². The van der Waals surface area contributed by atoms with E-state index in [1.807, 2.05) is 6.92 Å². The van der Waals surface area contributed by atoms with Crippen LogP contribution in [0, 0.1) is 0 Å². The fraction of sp³-hybridized carbons (Fsp3) is 0.917. The molecule has 0 aliphatic heterocycles. The van der Waals surface area contributed by atoms with Crippen molar-refractivity contribution in [2.45, 2.75) is 40.0 Å². The van der Waals surface area contributed by atoms with Crippen LogP contribution in [0.3, 0.4) is 0 Å². The largest absolute Gasteiger partial charge is 0.382 e. The van der Waals surface area contributed by atoms with Crippen molar-refractivity contribution in [3.05, 3.63) is 0 Å². The molecule has 0 atom stereocenters. The summed E-state index contributed by atoms with van der Waals surface area (Å²) >= 11 is 0. The summed E-state index contributed by atoms with van der Waals surface area (Å²) in [6.07, 6.45) is 3.27. The molecule has 0 saturated carbocycles. The molecule has 0 radical (unpaired) electrons. The van der Waals surface area contributed by atoms with Crippen molar-refractivity contribution in [3.63, 3.8) is 0 Å². The molecule has 0 saturated heterocycles. The zero-order valence-corrected chi connectivity index (χ0v) is 11.5. The third kappa shape index (κ3) is 7.99. The van der Waals surface area contributed by atoms with Crippen LogP contribution in [-0.4, -0.2) is 43.7 Å². The van der Waals surface area contributed by atoms with Gasteiger partial charge in [-0.3, -0.25) is 10.4 Å². The Morgan fingerprint density at radius 3 is 2.59 bits per heavy atom. The van der Waals surface area contributed by atoms with Crippen molar-refractivity contribution in [1.82, 2.24) is 10.3 Å². The molecule has 0 rings (SSSR count). The van der Waals surface area contributed by atoms with E-state index < -0.39 is 0 Å². The van der Waals surface area contributed by atoms with E-state index in [2.05, 4.69) is 29.2 Å². The van der Waals surface area contributed by atoms with E-state index in [4.69, 9.17) is 10.6 Å². The lowest BCUT2D eigenvalue weighted by molar-refractivity contribution is 0.146. The van der Waals surface area contributed by atoms with Gasteiger partial charge < -0.3 is 9.64 Å². The highest BCUT2D eigenvalue weighted by Gasteiger charge is 2.06. The van der Waals surface area contributed by atoms with Crippen molar-refractivity contribution in [2.75, 3.05) is 32.8 Å². The minimum Gasteiger partial charge on any atom is -0.382 e. The molecule has 0 spiro atoms. The lowest BCUT2D eigenvalue weighted by Gasteiger charge is -2.23. The van der Waals surface area contributed by atoms with Gasteiger partial charge in [0, 0.05) is 32.8 Å². The maximum atomic E-state index is 5.51. The van der Waals surface area contributed by atoms with E-state index in [9.17, 15) is 0 Å². The maximum Gasteiger partial charge on any atom is 0.208 e. The van der Waals surface area contributed by atoms with Crippen LogP contribution in [0.2, 0.25) is 0 Å². The zero-order chi connectivity index (χ0) is 12.9. The molecular weight excluding hydrogens is 216 g/mol. The maximum absolute atomic E-state index is 5.51. The Morgan fingerprint density at radius 2 is 2.06 bits per heavy atom. The molecule has 0 aliphatic rings. The number of hydrogen-bond donors (Lipinski definition) is 2. The van der Waals surface area contributed by atoms with Gasteiger partial charge in [0.2, 0.25) is 5.96 Å². The Hall–Kier alpha value is -0.810. The van der Waals surface area contributed by atoms with Crippen molar-refractivity contribution in [3.8, 4) is 0 Å². The minimum absolute atomic E-state index is 0.752. The summed E-state index contributed by atoms with van der Waals surface area (Å²) in [6.45, 7) is 10.5. The van der Waals surface area contributed by atoms with Gasteiger partial charge in [-0.1, -0.05) is 13.3 Å². The first-order chi connectivity index (χ1) is 8.29. The van der Waals surface area contributed by atoms with Gasteiger partial charge in [-0.05, 0) is 26.7 Å². The molecule has 0 heterocycles. The van der Waals surface area contributed by atoms with Crippen molar-refractivity contribution in [1.29, 1.82) is 0 Å². The number of ether oxygens (including phenoxy) is 1. The van der Waals surface area contributed by atoms with E-state index in [-0.39, 0.29) is 0 Å². The summed E-state index contributed by atoms with van der Waals surface area (Å²) in [7, 11) is 0. The summed E-state index contributed by atoms with van der Waals surface area (Å²) in [5.74, 6) is 6.30. The minimum atomic E-state index is 0.752. The van der Waals surface area contributed by atoms with E-state index in [1.54, 1.807) is 0 Å². The van der Waals surface area contributed by atoms with Crippen LogP contribution in [0.4, 0.5) is 0 Å². The lowest BCUT2D eigenvalue weighted by Crippen LogP contribution is -2.45. The second kappa shape index (κ2) is 11.7. The van der Waals surface area contributed by atoms with Gasteiger partial charge in [0.1, 0.15) is 0 Å². The number of rotatable bonds is 9. The van der Waals surface area contributed by atoms with Crippen molar-refractivity contribution in [2.24, 2.45) is 10.8 Å². The van der Waals surface area contributed by atoms with Gasteiger partial charge in [-0.15, -0.1) is 0 Å². The normalized spacial score (nSPS) is 11.6. The van der Waals surface area contributed by atoms with Crippen LogP contribution < -0.4 is 11.3 Å². The summed E-state index contributed by atoms with van der Waals surface area (Å²) in [5.41, 5.74) is 2.69. The van der Waals surface area contributed by atoms with E-state index in [0.29, 0.717) is 0 Å². The highest BCUT2D eigenvalue weighted by Crippen LogP contribution is 1.96. The molecule has 17 heavy (non-hydrogen) atoms.